The number of hydrogen-bond acceptors (Lipinski definition) is 2. The van der Waals surface area contributed by atoms with Gasteiger partial charge in [0.05, 0.1) is 0 Å². The first-order valence-electron chi connectivity index (χ1n) is 39.4. The molecule has 0 bridgehead atoms. The zero-order valence-corrected chi connectivity index (χ0v) is 65.2. The van der Waals surface area contributed by atoms with Crippen molar-refractivity contribution < 1.29 is 0 Å². The van der Waals surface area contributed by atoms with Crippen molar-refractivity contribution in [3.05, 3.63) is 396 Å². The molecule has 2 heteroatoms. The van der Waals surface area contributed by atoms with Gasteiger partial charge in [-0.05, 0) is 248 Å². The van der Waals surface area contributed by atoms with Crippen LogP contribution in [0.4, 0.5) is 0 Å². The van der Waals surface area contributed by atoms with Gasteiger partial charge in [-0.15, -0.1) is 22.7 Å². The van der Waals surface area contributed by atoms with Gasteiger partial charge in [0.2, 0.25) is 0 Å². The van der Waals surface area contributed by atoms with E-state index in [4.69, 9.17) is 6.58 Å². The highest BCUT2D eigenvalue weighted by Gasteiger charge is 2.41. The van der Waals surface area contributed by atoms with Crippen molar-refractivity contribution in [1.82, 2.24) is 0 Å². The summed E-state index contributed by atoms with van der Waals surface area (Å²) in [5.74, 6) is 0.293. The molecule has 18 aromatic rings. The summed E-state index contributed by atoms with van der Waals surface area (Å²) in [5.41, 5.74) is 29.7. The molecular weight excluding hydrogens is 1390 g/mol. The Kier molecular flexibility index (Phi) is 14.8. The summed E-state index contributed by atoms with van der Waals surface area (Å²) in [7, 11) is 0. The van der Waals surface area contributed by atoms with Crippen LogP contribution in [0.5, 0.6) is 0 Å². The molecule has 112 heavy (non-hydrogen) atoms. The van der Waals surface area contributed by atoms with Crippen LogP contribution in [0.2, 0.25) is 0 Å². The van der Waals surface area contributed by atoms with Gasteiger partial charge in [-0.1, -0.05) is 332 Å². The van der Waals surface area contributed by atoms with E-state index >= 15 is 0 Å². The zero-order valence-electron chi connectivity index (χ0n) is 63.6. The van der Waals surface area contributed by atoms with E-state index in [1.54, 1.807) is 0 Å². The molecule has 4 aliphatic carbocycles. The van der Waals surface area contributed by atoms with Gasteiger partial charge in [0.1, 0.15) is 0 Å². The summed E-state index contributed by atoms with van der Waals surface area (Å²) in [6.45, 7) is 23.5. The quantitative estimate of drug-likeness (QED) is 0.0946. The van der Waals surface area contributed by atoms with Gasteiger partial charge in [0, 0.05) is 63.0 Å². The first-order chi connectivity index (χ1) is 54.8. The molecule has 2 heterocycles. The number of allylic oxidation sites excluding steroid dienone is 13. The third-order valence-corrected chi connectivity index (χ3v) is 28.2. The number of fused-ring (bicyclic) bond motifs is 22. The summed E-state index contributed by atoms with van der Waals surface area (Å²) in [5, 5.41) is 20.6. The van der Waals surface area contributed by atoms with E-state index in [-0.39, 0.29) is 22.7 Å². The normalized spacial score (nSPS) is 16.0. The lowest BCUT2D eigenvalue weighted by Crippen LogP contribution is -2.19. The van der Waals surface area contributed by atoms with Crippen LogP contribution in [0.1, 0.15) is 91.6 Å². The molecule has 16 aromatic carbocycles. The molecule has 22 rings (SSSR count). The first-order valence-corrected chi connectivity index (χ1v) is 41.1. The lowest BCUT2D eigenvalue weighted by Gasteiger charge is -2.33. The Hall–Kier alpha value is -12.6. The van der Waals surface area contributed by atoms with Crippen molar-refractivity contribution in [2.75, 3.05) is 0 Å². The first kappa shape index (κ1) is 66.4. The standard InChI is InChI=1S/C110H78S2/c1-9-10-26-63(2)64(3)72-27-11-12-28-73(72)65(4)100-79-32-15-17-34-81(79)101(82-35-18-16-33-80(82)100)71-50-57-96-93(61-71)89-52-47-68-51-58-98-105(103(68)107(89)110(96,7)8)90-41-25-40-75(108(90)112-98)67-45-43-66(44-46-67)74-54-55-87(77-30-14-13-29-76(74)77)104-85-38-21-19-36-83(85)102(84-37-20-22-39-86(84)104)70-49-56-95-92(60-70)88-53-48-69-59-94-78-31-23-24-42-97(78)111-99(94)62-91(69)106(88)109(95,5)6/h9-62,76-77H,3-4H2,1-2,5-8H3/b10-9-,63-26+. The molecule has 0 fully saturated rings. The van der Waals surface area contributed by atoms with Crippen molar-refractivity contribution in [1.29, 1.82) is 0 Å². The van der Waals surface area contributed by atoms with Crippen LogP contribution in [0.25, 0.3) is 183 Å². The van der Waals surface area contributed by atoms with Crippen LogP contribution in [-0.4, -0.2) is 0 Å². The largest absolute Gasteiger partial charge is 0.135 e. The lowest BCUT2D eigenvalue weighted by atomic mass is 9.70. The second kappa shape index (κ2) is 25.0. The molecule has 4 aliphatic rings. The highest BCUT2D eigenvalue weighted by molar-refractivity contribution is 7.26. The van der Waals surface area contributed by atoms with Crippen molar-refractivity contribution in [3.63, 3.8) is 0 Å². The molecule has 2 atom stereocenters. The van der Waals surface area contributed by atoms with Gasteiger partial charge in [0.15, 0.2) is 0 Å². The minimum absolute atomic E-state index is 0.139. The van der Waals surface area contributed by atoms with E-state index in [0.717, 1.165) is 33.4 Å². The van der Waals surface area contributed by atoms with Crippen molar-refractivity contribution in [2.24, 2.45) is 11.8 Å². The van der Waals surface area contributed by atoms with Crippen LogP contribution in [0.15, 0.2) is 346 Å². The number of rotatable bonds is 10. The van der Waals surface area contributed by atoms with Gasteiger partial charge < -0.3 is 0 Å². The Labute approximate surface area is 661 Å². The van der Waals surface area contributed by atoms with Crippen LogP contribution < -0.4 is 0 Å². The van der Waals surface area contributed by atoms with Crippen LogP contribution >= 0.6 is 22.7 Å². The number of hydrogen-bond donors (Lipinski definition) is 0. The van der Waals surface area contributed by atoms with E-state index in [1.165, 1.54) is 205 Å². The topological polar surface area (TPSA) is 0 Å². The van der Waals surface area contributed by atoms with Gasteiger partial charge >= 0.3 is 0 Å². The Morgan fingerprint density at radius 2 is 0.875 bits per heavy atom. The molecule has 0 N–H and O–H groups in total. The molecule has 0 nitrogen and oxygen atoms in total. The summed E-state index contributed by atoms with van der Waals surface area (Å²) in [6, 6.07) is 104. The Morgan fingerprint density at radius 1 is 0.366 bits per heavy atom. The average molecular weight is 1460 g/mol. The minimum Gasteiger partial charge on any atom is -0.135 e. The molecule has 0 saturated heterocycles. The fourth-order valence-electron chi connectivity index (χ4n) is 20.6. The second-order valence-electron chi connectivity index (χ2n) is 32.4. The predicted molar refractivity (Wildman–Crippen MR) is 489 cm³/mol. The third kappa shape index (κ3) is 9.65. The van der Waals surface area contributed by atoms with E-state index in [2.05, 4.69) is 369 Å². The van der Waals surface area contributed by atoms with E-state index in [1.807, 2.05) is 29.6 Å². The van der Waals surface area contributed by atoms with Gasteiger partial charge in [-0.2, -0.15) is 0 Å². The average Bonchev–Trinajstić information content (AvgIpc) is 1.52. The fourth-order valence-corrected chi connectivity index (χ4v) is 23.0. The molecule has 530 valence electrons. The zero-order chi connectivity index (χ0) is 75.2. The highest BCUT2D eigenvalue weighted by atomic mass is 32.1. The van der Waals surface area contributed by atoms with Crippen LogP contribution in [-0.2, 0) is 10.8 Å². The van der Waals surface area contributed by atoms with E-state index in [9.17, 15) is 0 Å². The molecule has 0 radical (unpaired) electrons. The van der Waals surface area contributed by atoms with Gasteiger partial charge in [-0.25, -0.2) is 0 Å². The maximum atomic E-state index is 4.93. The molecule has 0 aliphatic heterocycles. The monoisotopic (exact) mass is 1460 g/mol. The molecule has 2 aromatic heterocycles. The molecule has 0 saturated carbocycles. The molecule has 0 amide bonds. The molecular formula is C110H78S2. The van der Waals surface area contributed by atoms with E-state index < -0.39 is 0 Å². The summed E-state index contributed by atoms with van der Waals surface area (Å²) in [6.07, 6.45) is 20.6. The minimum atomic E-state index is -0.276. The molecule has 2 unspecified atom stereocenters. The second-order valence-corrected chi connectivity index (χ2v) is 34.6. The Balaban J connectivity index is 0.612. The lowest BCUT2D eigenvalue weighted by molar-refractivity contribution is 0.666. The third-order valence-electron chi connectivity index (χ3n) is 25.8. The smallest absolute Gasteiger partial charge is 0.0434 e. The van der Waals surface area contributed by atoms with Crippen molar-refractivity contribution >= 4 is 150 Å². The van der Waals surface area contributed by atoms with Crippen LogP contribution in [0.3, 0.4) is 0 Å². The number of thiophene rings is 2. The van der Waals surface area contributed by atoms with Crippen molar-refractivity contribution in [3.8, 4) is 55.6 Å². The van der Waals surface area contributed by atoms with Crippen LogP contribution in [0, 0.1) is 11.8 Å². The fraction of sp³-hybridized carbons (Fsp3) is 0.0909. The summed E-state index contributed by atoms with van der Waals surface area (Å²) in [4.78, 5) is 0. The van der Waals surface area contributed by atoms with Crippen molar-refractivity contribution in [2.45, 2.75) is 52.4 Å². The predicted octanol–water partition coefficient (Wildman–Crippen LogP) is 31.4. The summed E-state index contributed by atoms with van der Waals surface area (Å²) >= 11 is 3.84. The SMILES string of the molecule is C=C(/C(C)=C/C=C\C)c1ccccc1C(=C)c1c2ccccc2c(-c2ccc3c(c2)-c2ccc4ccc5sc6c(-c7ccc(C8=CC=C(c9c%10ccccc%10c(-c%10ccc%11c(c%10)-c%10ccc%12cc%13c(cc%12c%10C%11(C)C)sc%10ccccc%10%13)c%10ccccc9%10)C9C=CC=CC89)cc7)cccc6c5c4c2C3(C)C)c2ccccc12. The van der Waals surface area contributed by atoms with Gasteiger partial charge in [-0.3, -0.25) is 0 Å². The highest BCUT2D eigenvalue weighted by Crippen LogP contribution is 2.59. The number of benzene rings is 16. The summed E-state index contributed by atoms with van der Waals surface area (Å²) < 4.78 is 5.33. The maximum Gasteiger partial charge on any atom is 0.0434 e. The van der Waals surface area contributed by atoms with E-state index in [0.29, 0.717) is 0 Å². The maximum absolute atomic E-state index is 4.93. The Morgan fingerprint density at radius 3 is 1.52 bits per heavy atom. The van der Waals surface area contributed by atoms with Gasteiger partial charge in [0.25, 0.3) is 0 Å². The molecule has 0 spiro atoms. The Bertz CT molecular complexity index is 7360.